The number of amides is 1. The number of nitrogens with zero attached hydrogens (tertiary/aromatic N) is 1. The van der Waals surface area contributed by atoms with E-state index in [1.165, 1.54) is 12.8 Å². The van der Waals surface area contributed by atoms with Gasteiger partial charge in [0.25, 0.3) is 5.91 Å². The summed E-state index contributed by atoms with van der Waals surface area (Å²) in [6, 6.07) is 4.02. The summed E-state index contributed by atoms with van der Waals surface area (Å²) in [5.41, 5.74) is 1.65. The Hall–Kier alpha value is -1.23. The lowest BCUT2D eigenvalue weighted by Crippen LogP contribution is -2.39. The van der Waals surface area contributed by atoms with Gasteiger partial charge in [0.1, 0.15) is 5.82 Å². The van der Waals surface area contributed by atoms with Gasteiger partial charge in [0.05, 0.1) is 0 Å². The average molecular weight is 307 g/mol. The highest BCUT2D eigenvalue weighted by atomic mass is 32.2. The van der Waals surface area contributed by atoms with Crippen molar-refractivity contribution in [3.05, 3.63) is 23.4 Å². The van der Waals surface area contributed by atoms with Gasteiger partial charge in [0.15, 0.2) is 0 Å². The largest absolute Gasteiger partial charge is 0.373 e. The Bertz CT molecular complexity index is 470. The molecule has 0 bridgehead atoms. The maximum absolute atomic E-state index is 12.5. The number of hydrogen-bond donors (Lipinski definition) is 2. The number of aryl methyl sites for hydroxylation is 1. The van der Waals surface area contributed by atoms with Gasteiger partial charge >= 0.3 is 0 Å². The highest BCUT2D eigenvalue weighted by molar-refractivity contribution is 7.99. The van der Waals surface area contributed by atoms with Crippen LogP contribution in [-0.4, -0.2) is 35.5 Å². The second kappa shape index (κ2) is 7.69. The van der Waals surface area contributed by atoms with E-state index in [9.17, 15) is 4.79 Å². The molecule has 116 valence electrons. The van der Waals surface area contributed by atoms with Gasteiger partial charge in [-0.2, -0.15) is 11.8 Å². The lowest BCUT2D eigenvalue weighted by Gasteiger charge is -2.28. The van der Waals surface area contributed by atoms with Crippen molar-refractivity contribution in [2.45, 2.75) is 50.3 Å². The van der Waals surface area contributed by atoms with Crippen LogP contribution in [0.15, 0.2) is 12.1 Å². The number of nitrogens with one attached hydrogen (secondary N) is 2. The topological polar surface area (TPSA) is 54.0 Å². The molecule has 21 heavy (non-hydrogen) atoms. The smallest absolute Gasteiger partial charge is 0.251 e. The van der Waals surface area contributed by atoms with Crippen LogP contribution < -0.4 is 10.6 Å². The third kappa shape index (κ3) is 4.37. The molecule has 1 heterocycles. The third-order valence-electron chi connectivity index (χ3n) is 4.05. The molecule has 1 aromatic rings. The lowest BCUT2D eigenvalue weighted by molar-refractivity contribution is 0.0928. The fraction of sp³-hybridized carbons (Fsp3) is 0.625. The molecule has 0 radical (unpaired) electrons. The van der Waals surface area contributed by atoms with Crippen LogP contribution in [0.4, 0.5) is 5.82 Å². The molecule has 0 saturated heterocycles. The van der Waals surface area contributed by atoms with E-state index >= 15 is 0 Å². The van der Waals surface area contributed by atoms with Crippen molar-refractivity contribution in [3.63, 3.8) is 0 Å². The fourth-order valence-electron chi connectivity index (χ4n) is 2.79. The van der Waals surface area contributed by atoms with Crippen LogP contribution in [0.3, 0.4) is 0 Å². The summed E-state index contributed by atoms with van der Waals surface area (Å²) in [6.45, 7) is 2.05. The number of carbonyl (C=O) groups excluding carboxylic acids is 1. The van der Waals surface area contributed by atoms with Gasteiger partial charge in [0.2, 0.25) is 0 Å². The van der Waals surface area contributed by atoms with Gasteiger partial charge in [-0.05, 0) is 44.1 Å². The monoisotopic (exact) mass is 307 g/mol. The molecular formula is C16H25N3OS. The summed E-state index contributed by atoms with van der Waals surface area (Å²) in [4.78, 5) is 16.9. The second-order valence-corrected chi connectivity index (χ2v) is 6.67. The van der Waals surface area contributed by atoms with Crippen LogP contribution >= 0.6 is 11.8 Å². The molecule has 4 nitrogen and oxygen atoms in total. The second-order valence-electron chi connectivity index (χ2n) is 5.53. The minimum absolute atomic E-state index is 0.0235. The molecule has 0 aromatic carbocycles. The Morgan fingerprint density at radius 2 is 2.24 bits per heavy atom. The minimum Gasteiger partial charge on any atom is -0.373 e. The number of thioether (sulfide) groups is 1. The SMILES string of the molecule is CCc1cc(C(=O)NC2CCCC(SC)C2)cc(NC)n1. The highest BCUT2D eigenvalue weighted by Crippen LogP contribution is 2.27. The van der Waals surface area contributed by atoms with Gasteiger partial charge in [-0.15, -0.1) is 0 Å². The molecule has 0 spiro atoms. The van der Waals surface area contributed by atoms with Crippen molar-refractivity contribution in [2.24, 2.45) is 0 Å². The van der Waals surface area contributed by atoms with Gasteiger partial charge < -0.3 is 10.6 Å². The van der Waals surface area contributed by atoms with Crippen LogP contribution in [0.2, 0.25) is 0 Å². The van der Waals surface area contributed by atoms with E-state index in [0.717, 1.165) is 30.8 Å². The van der Waals surface area contributed by atoms with E-state index in [2.05, 4.69) is 21.9 Å². The molecule has 2 unspecified atom stereocenters. The normalized spacial score (nSPS) is 21.9. The summed E-state index contributed by atoms with van der Waals surface area (Å²) < 4.78 is 0. The van der Waals surface area contributed by atoms with Crippen molar-refractivity contribution in [1.29, 1.82) is 0 Å². The fourth-order valence-corrected chi connectivity index (χ4v) is 3.61. The zero-order valence-corrected chi connectivity index (χ0v) is 13.9. The van der Waals surface area contributed by atoms with E-state index in [0.29, 0.717) is 16.9 Å². The number of anilines is 1. The molecule has 1 saturated carbocycles. The van der Waals surface area contributed by atoms with Crippen molar-refractivity contribution in [2.75, 3.05) is 18.6 Å². The Balaban J connectivity index is 2.05. The van der Waals surface area contributed by atoms with Crippen molar-refractivity contribution < 1.29 is 4.79 Å². The first-order valence-electron chi connectivity index (χ1n) is 7.68. The van der Waals surface area contributed by atoms with E-state index in [-0.39, 0.29) is 5.91 Å². The number of pyridine rings is 1. The number of aromatic nitrogens is 1. The van der Waals surface area contributed by atoms with E-state index in [1.54, 1.807) is 0 Å². The zero-order valence-electron chi connectivity index (χ0n) is 13.1. The molecule has 2 rings (SSSR count). The molecule has 1 amide bonds. The summed E-state index contributed by atoms with van der Waals surface area (Å²) in [5, 5.41) is 6.90. The summed E-state index contributed by atoms with van der Waals surface area (Å²) in [6.07, 6.45) is 7.63. The molecule has 2 N–H and O–H groups in total. The molecular weight excluding hydrogens is 282 g/mol. The molecule has 2 atom stereocenters. The quantitative estimate of drug-likeness (QED) is 0.878. The Morgan fingerprint density at radius 1 is 1.43 bits per heavy atom. The predicted molar refractivity (Wildman–Crippen MR) is 90.2 cm³/mol. The summed E-state index contributed by atoms with van der Waals surface area (Å²) >= 11 is 1.91. The summed E-state index contributed by atoms with van der Waals surface area (Å²) in [5.74, 6) is 0.778. The van der Waals surface area contributed by atoms with Crippen LogP contribution in [0, 0.1) is 0 Å². The maximum atomic E-state index is 12.5. The predicted octanol–water partition coefficient (Wildman–Crippen LogP) is 3.09. The molecule has 1 aliphatic carbocycles. The maximum Gasteiger partial charge on any atom is 0.251 e. The number of rotatable bonds is 5. The van der Waals surface area contributed by atoms with Crippen LogP contribution in [0.5, 0.6) is 0 Å². The Morgan fingerprint density at radius 3 is 2.90 bits per heavy atom. The molecule has 1 fully saturated rings. The van der Waals surface area contributed by atoms with Gasteiger partial charge in [0, 0.05) is 29.6 Å². The van der Waals surface area contributed by atoms with E-state index in [4.69, 9.17) is 0 Å². The van der Waals surface area contributed by atoms with Gasteiger partial charge in [-0.25, -0.2) is 4.98 Å². The first-order chi connectivity index (χ1) is 10.2. The Kier molecular flexibility index (Phi) is 5.91. The van der Waals surface area contributed by atoms with Crippen LogP contribution in [0.25, 0.3) is 0 Å². The van der Waals surface area contributed by atoms with Crippen molar-refractivity contribution in [3.8, 4) is 0 Å². The first kappa shape index (κ1) is 16.1. The van der Waals surface area contributed by atoms with Crippen molar-refractivity contribution >= 4 is 23.5 Å². The zero-order chi connectivity index (χ0) is 15.2. The first-order valence-corrected chi connectivity index (χ1v) is 8.97. The van der Waals surface area contributed by atoms with Crippen LogP contribution in [0.1, 0.15) is 48.7 Å². The van der Waals surface area contributed by atoms with Crippen LogP contribution in [-0.2, 0) is 6.42 Å². The van der Waals surface area contributed by atoms with Crippen molar-refractivity contribution in [1.82, 2.24) is 10.3 Å². The molecule has 1 aliphatic rings. The average Bonchev–Trinajstić information content (AvgIpc) is 2.54. The highest BCUT2D eigenvalue weighted by Gasteiger charge is 2.23. The standard InChI is InChI=1S/C16H25N3OS/c1-4-12-8-11(9-15(17-2)18-12)16(20)19-13-6-5-7-14(10-13)21-3/h8-9,13-14H,4-7,10H2,1-3H3,(H,17,18)(H,19,20). The van der Waals surface area contributed by atoms with Gasteiger partial charge in [-0.1, -0.05) is 13.3 Å². The lowest BCUT2D eigenvalue weighted by atomic mass is 9.94. The van der Waals surface area contributed by atoms with E-state index < -0.39 is 0 Å². The molecule has 0 aliphatic heterocycles. The summed E-state index contributed by atoms with van der Waals surface area (Å²) in [7, 11) is 1.83. The van der Waals surface area contributed by atoms with Gasteiger partial charge in [-0.3, -0.25) is 4.79 Å². The Labute approximate surface area is 131 Å². The number of hydrogen-bond acceptors (Lipinski definition) is 4. The molecule has 1 aromatic heterocycles. The minimum atomic E-state index is 0.0235. The number of carbonyl (C=O) groups is 1. The third-order valence-corrected chi connectivity index (χ3v) is 5.15. The molecule has 5 heteroatoms. The van der Waals surface area contributed by atoms with E-state index in [1.807, 2.05) is 37.9 Å².